The number of hydrogen-bond acceptors (Lipinski definition) is 3. The smallest absolute Gasteiger partial charge is 0.374 e. The second-order valence-electron chi connectivity index (χ2n) is 6.95. The molecule has 0 spiro atoms. The fourth-order valence-electron chi connectivity index (χ4n) is 3.88. The summed E-state index contributed by atoms with van der Waals surface area (Å²) < 4.78 is 5.19. The quantitative estimate of drug-likeness (QED) is 0.312. The first-order valence-corrected chi connectivity index (χ1v) is 9.50. The average Bonchev–Trinajstić information content (AvgIpc) is 2.80. The van der Waals surface area contributed by atoms with Crippen molar-refractivity contribution in [2.75, 3.05) is 0 Å². The van der Waals surface area contributed by atoms with Gasteiger partial charge in [-0.1, -0.05) is 72.8 Å². The lowest BCUT2D eigenvalue weighted by molar-refractivity contribution is 0.602. The van der Waals surface area contributed by atoms with Gasteiger partial charge in [-0.25, -0.2) is 4.98 Å². The first-order chi connectivity index (χ1) is 14.3. The highest BCUT2D eigenvalue weighted by atomic mass is 16.4. The zero-order valence-electron chi connectivity index (χ0n) is 15.7. The lowest BCUT2D eigenvalue weighted by Gasteiger charge is -2.21. The summed E-state index contributed by atoms with van der Waals surface area (Å²) in [6.45, 7) is 0. The Morgan fingerprint density at radius 2 is 1.41 bits per heavy atom. The zero-order chi connectivity index (χ0) is 19.6. The third-order valence-corrected chi connectivity index (χ3v) is 5.24. The molecule has 1 atom stereocenters. The first-order valence-electron chi connectivity index (χ1n) is 9.50. The third-order valence-electron chi connectivity index (χ3n) is 5.24. The van der Waals surface area contributed by atoms with Crippen LogP contribution < -0.4 is 4.65 Å². The van der Waals surface area contributed by atoms with E-state index in [4.69, 9.17) is 17.7 Å². The fraction of sp³-hybridized carbons (Fsp3) is 0.0400. The summed E-state index contributed by atoms with van der Waals surface area (Å²) in [5.74, 6) is 0.526. The number of aromatic nitrogens is 2. The Balaban J connectivity index is 1.78. The van der Waals surface area contributed by atoms with Crippen LogP contribution in [0.4, 0.5) is 0 Å². The molecular weight excluding hydrogens is 355 g/mol. The number of nitrogens with zero attached hydrogens (tertiary/aromatic N) is 2. The normalized spacial score (nSPS) is 12.1. The molecule has 5 rings (SSSR count). The number of pyridine rings is 2. The molecule has 0 fully saturated rings. The molecule has 0 saturated carbocycles. The first kappa shape index (κ1) is 17.4. The van der Waals surface area contributed by atoms with E-state index < -0.39 is 0 Å². The van der Waals surface area contributed by atoms with Crippen molar-refractivity contribution in [1.29, 1.82) is 0 Å². The molecule has 4 heteroatoms. The van der Waals surface area contributed by atoms with Gasteiger partial charge in [0, 0.05) is 22.5 Å². The molecule has 2 heterocycles. The monoisotopic (exact) mass is 372 g/mol. The Morgan fingerprint density at radius 3 is 2.24 bits per heavy atom. The molecule has 1 unspecified atom stereocenters. The summed E-state index contributed by atoms with van der Waals surface area (Å²) in [6, 6.07) is 30.5. The van der Waals surface area contributed by atoms with Gasteiger partial charge in [-0.2, -0.15) is 0 Å². The molecule has 0 aliphatic carbocycles. The fourth-order valence-corrected chi connectivity index (χ4v) is 3.88. The van der Waals surface area contributed by atoms with Gasteiger partial charge in [0.1, 0.15) is 5.75 Å². The minimum absolute atomic E-state index is 0.112. The van der Waals surface area contributed by atoms with Gasteiger partial charge in [0.15, 0.2) is 0 Å². The maximum atomic E-state index is 5.58. The summed E-state index contributed by atoms with van der Waals surface area (Å²) in [5.41, 5.74) is 4.82. The molecule has 0 amide bonds. The molecule has 0 aliphatic heterocycles. The van der Waals surface area contributed by atoms with Crippen LogP contribution in [0, 0.1) is 0 Å². The Morgan fingerprint density at radius 1 is 0.690 bits per heavy atom. The van der Waals surface area contributed by atoms with Gasteiger partial charge in [-0.15, -0.1) is 0 Å². The van der Waals surface area contributed by atoms with Crippen LogP contribution in [-0.2, 0) is 0 Å². The van der Waals surface area contributed by atoms with Gasteiger partial charge in [0.2, 0.25) is 0 Å². The second kappa shape index (κ2) is 7.40. The van der Waals surface area contributed by atoms with Crippen molar-refractivity contribution in [1.82, 2.24) is 9.97 Å². The van der Waals surface area contributed by atoms with Gasteiger partial charge in [-0.05, 0) is 23.8 Å². The highest BCUT2D eigenvalue weighted by Crippen LogP contribution is 2.37. The molecule has 0 N–H and O–H groups in total. The molecule has 0 aliphatic rings. The minimum Gasteiger partial charge on any atom is -0.568 e. The van der Waals surface area contributed by atoms with Crippen molar-refractivity contribution in [3.8, 4) is 5.75 Å². The largest absolute Gasteiger partial charge is 0.568 e. The lowest BCUT2D eigenvalue weighted by atomic mass is 9.87. The van der Waals surface area contributed by atoms with Gasteiger partial charge in [0.05, 0.1) is 22.6 Å². The highest BCUT2D eigenvalue weighted by Gasteiger charge is 2.22. The van der Waals surface area contributed by atoms with Crippen molar-refractivity contribution >= 4 is 29.9 Å². The molecule has 3 nitrogen and oxygen atoms in total. The maximum absolute atomic E-state index is 5.58. The molecule has 2 aromatic heterocycles. The van der Waals surface area contributed by atoms with Crippen molar-refractivity contribution in [2.45, 2.75) is 5.92 Å². The average molecular weight is 372 g/mol. The van der Waals surface area contributed by atoms with Crippen molar-refractivity contribution in [3.63, 3.8) is 0 Å². The van der Waals surface area contributed by atoms with E-state index in [1.165, 1.54) is 0 Å². The van der Waals surface area contributed by atoms with E-state index in [2.05, 4.69) is 47.4 Å². The minimum atomic E-state index is -0.112. The predicted molar refractivity (Wildman–Crippen MR) is 117 cm³/mol. The van der Waals surface area contributed by atoms with Crippen LogP contribution in [0.5, 0.6) is 5.75 Å². The van der Waals surface area contributed by atoms with Crippen LogP contribution in [0.25, 0.3) is 21.8 Å². The van der Waals surface area contributed by atoms with Crippen molar-refractivity contribution in [2.24, 2.45) is 0 Å². The van der Waals surface area contributed by atoms with E-state index >= 15 is 0 Å². The standard InChI is InChI=1S/C25H17BN2O/c26-29-22-11-5-4-10-20(22)23(17-7-2-1-3-8-17)21-15-14-19-13-12-18-9-6-16-27-24(18)25(19)28-21/h1-16,23H. The van der Waals surface area contributed by atoms with Crippen LogP contribution in [0.1, 0.15) is 22.7 Å². The number of rotatable bonds is 4. The number of benzene rings is 3. The van der Waals surface area contributed by atoms with E-state index in [0.717, 1.165) is 38.6 Å². The van der Waals surface area contributed by atoms with Gasteiger partial charge in [0.25, 0.3) is 0 Å². The van der Waals surface area contributed by atoms with Crippen LogP contribution in [0.2, 0.25) is 0 Å². The van der Waals surface area contributed by atoms with Gasteiger partial charge in [-0.3, -0.25) is 4.98 Å². The molecule has 5 aromatic rings. The molecule has 136 valence electrons. The van der Waals surface area contributed by atoms with Crippen LogP contribution in [-0.4, -0.2) is 18.0 Å². The van der Waals surface area contributed by atoms with E-state index in [1.807, 2.05) is 54.7 Å². The Bertz CT molecular complexity index is 1300. The highest BCUT2D eigenvalue weighted by molar-refractivity contribution is 6.02. The summed E-state index contributed by atoms with van der Waals surface area (Å²) >= 11 is 0. The second-order valence-corrected chi connectivity index (χ2v) is 6.95. The van der Waals surface area contributed by atoms with Crippen LogP contribution in [0.3, 0.4) is 0 Å². The van der Waals surface area contributed by atoms with E-state index in [1.54, 1.807) is 0 Å². The third kappa shape index (κ3) is 3.13. The van der Waals surface area contributed by atoms with Gasteiger partial charge < -0.3 is 4.65 Å². The van der Waals surface area contributed by atoms with Crippen molar-refractivity contribution in [3.05, 3.63) is 114 Å². The molecule has 3 aromatic carbocycles. The summed E-state index contributed by atoms with van der Waals surface area (Å²) in [7, 11) is 5.58. The summed E-state index contributed by atoms with van der Waals surface area (Å²) in [4.78, 5) is 9.65. The topological polar surface area (TPSA) is 35.0 Å². The van der Waals surface area contributed by atoms with Crippen LogP contribution >= 0.6 is 0 Å². The van der Waals surface area contributed by atoms with E-state index in [-0.39, 0.29) is 5.92 Å². The molecular formula is C25H17BN2O. The van der Waals surface area contributed by atoms with Crippen LogP contribution in [0.15, 0.2) is 97.2 Å². The van der Waals surface area contributed by atoms with Gasteiger partial charge >= 0.3 is 8.05 Å². The van der Waals surface area contributed by atoms with E-state index in [0.29, 0.717) is 5.75 Å². The van der Waals surface area contributed by atoms with Crippen molar-refractivity contribution < 1.29 is 4.65 Å². The Labute approximate surface area is 170 Å². The predicted octanol–water partition coefficient (Wildman–Crippen LogP) is 5.43. The molecule has 0 bridgehead atoms. The molecule has 29 heavy (non-hydrogen) atoms. The zero-order valence-corrected chi connectivity index (χ0v) is 15.7. The SMILES string of the molecule is [B]Oc1ccccc1C(c1ccccc1)c1ccc2ccc3cccnc3c2n1. The molecule has 2 radical (unpaired) electrons. The lowest BCUT2D eigenvalue weighted by Crippen LogP contribution is -2.08. The Hall–Kier alpha value is -3.66. The van der Waals surface area contributed by atoms with E-state index in [9.17, 15) is 0 Å². The summed E-state index contributed by atoms with van der Waals surface area (Å²) in [5, 5.41) is 2.14. The molecule has 0 saturated heterocycles. The summed E-state index contributed by atoms with van der Waals surface area (Å²) in [6.07, 6.45) is 1.81. The number of fused-ring (bicyclic) bond motifs is 3. The number of hydrogen-bond donors (Lipinski definition) is 0. The number of para-hydroxylation sites is 1. The maximum Gasteiger partial charge on any atom is 0.374 e. The Kier molecular flexibility index (Phi) is 4.45.